The molecule has 2 aromatic heterocycles. The minimum absolute atomic E-state index is 0.427. The third-order valence-electron chi connectivity index (χ3n) is 1.90. The van der Waals surface area contributed by atoms with Gasteiger partial charge in [0.25, 0.3) is 0 Å². The van der Waals surface area contributed by atoms with Crippen LogP contribution in [0.25, 0.3) is 11.5 Å². The molecule has 2 aromatic rings. The summed E-state index contributed by atoms with van der Waals surface area (Å²) in [5, 5.41) is 6.78. The Hall–Kier alpha value is -1.91. The summed E-state index contributed by atoms with van der Waals surface area (Å²) in [6, 6.07) is 4.27. The molecule has 5 nitrogen and oxygen atoms in total. The Morgan fingerprint density at radius 2 is 2.33 bits per heavy atom. The maximum absolute atomic E-state index is 4.99. The van der Waals surface area contributed by atoms with E-state index in [0.717, 1.165) is 17.8 Å². The van der Waals surface area contributed by atoms with Crippen LogP contribution in [0.5, 0.6) is 0 Å². The van der Waals surface area contributed by atoms with Gasteiger partial charge in [-0.3, -0.25) is 4.98 Å². The molecule has 0 aliphatic carbocycles. The van der Waals surface area contributed by atoms with Crippen LogP contribution in [-0.2, 0) is 0 Å². The van der Waals surface area contributed by atoms with Crippen molar-refractivity contribution in [3.63, 3.8) is 0 Å². The predicted molar refractivity (Wildman–Crippen MR) is 56.4 cm³/mol. The normalized spacial score (nSPS) is 10.3. The standard InChI is InChI=1S/C10H12N4O/c1-3-11-10-13-9(14-15-10)8-6-7(2)4-5-12-8/h4-6H,3H2,1-2H3,(H,11,13,14). The topological polar surface area (TPSA) is 63.8 Å². The van der Waals surface area contributed by atoms with E-state index in [2.05, 4.69) is 20.4 Å². The molecule has 0 unspecified atom stereocenters. The van der Waals surface area contributed by atoms with E-state index in [4.69, 9.17) is 4.52 Å². The molecular weight excluding hydrogens is 192 g/mol. The molecule has 0 atom stereocenters. The van der Waals surface area contributed by atoms with Gasteiger partial charge in [-0.05, 0) is 31.5 Å². The van der Waals surface area contributed by atoms with Crippen molar-refractivity contribution in [3.05, 3.63) is 23.9 Å². The molecular formula is C10H12N4O. The van der Waals surface area contributed by atoms with Gasteiger partial charge >= 0.3 is 6.01 Å². The number of nitrogens with zero attached hydrogens (tertiary/aromatic N) is 3. The highest BCUT2D eigenvalue weighted by Crippen LogP contribution is 2.15. The van der Waals surface area contributed by atoms with E-state index in [-0.39, 0.29) is 0 Å². The van der Waals surface area contributed by atoms with Crippen LogP contribution in [0, 0.1) is 6.92 Å². The lowest BCUT2D eigenvalue weighted by molar-refractivity contribution is 0.432. The van der Waals surface area contributed by atoms with Gasteiger partial charge in [0.15, 0.2) is 0 Å². The minimum atomic E-state index is 0.427. The van der Waals surface area contributed by atoms with Crippen molar-refractivity contribution < 1.29 is 4.52 Å². The van der Waals surface area contributed by atoms with Crippen LogP contribution in [-0.4, -0.2) is 21.7 Å². The number of aryl methyl sites for hydroxylation is 1. The predicted octanol–water partition coefficient (Wildman–Crippen LogP) is 1.87. The highest BCUT2D eigenvalue weighted by molar-refractivity contribution is 5.50. The number of pyridine rings is 1. The lowest BCUT2D eigenvalue weighted by Gasteiger charge is -1.94. The first kappa shape index (κ1) is 9.64. The Morgan fingerprint density at radius 1 is 1.47 bits per heavy atom. The second-order valence-electron chi connectivity index (χ2n) is 3.17. The quantitative estimate of drug-likeness (QED) is 0.826. The van der Waals surface area contributed by atoms with Crippen LogP contribution in [0.1, 0.15) is 12.5 Å². The van der Waals surface area contributed by atoms with Gasteiger partial charge in [-0.1, -0.05) is 5.16 Å². The zero-order chi connectivity index (χ0) is 10.7. The number of hydrogen-bond acceptors (Lipinski definition) is 5. The van der Waals surface area contributed by atoms with Crippen molar-refractivity contribution in [2.24, 2.45) is 0 Å². The fourth-order valence-corrected chi connectivity index (χ4v) is 1.21. The third kappa shape index (κ3) is 2.12. The van der Waals surface area contributed by atoms with Crippen LogP contribution in [0.2, 0.25) is 0 Å². The van der Waals surface area contributed by atoms with Gasteiger partial charge in [-0.15, -0.1) is 0 Å². The van der Waals surface area contributed by atoms with Crippen molar-refractivity contribution >= 4 is 6.01 Å². The largest absolute Gasteiger partial charge is 0.338 e. The molecule has 5 heteroatoms. The van der Waals surface area contributed by atoms with Gasteiger partial charge < -0.3 is 9.84 Å². The number of nitrogens with one attached hydrogen (secondary N) is 1. The maximum atomic E-state index is 4.99. The molecule has 0 aliphatic rings. The summed E-state index contributed by atoms with van der Waals surface area (Å²) in [5.41, 5.74) is 1.85. The summed E-state index contributed by atoms with van der Waals surface area (Å²) >= 11 is 0. The number of aromatic nitrogens is 3. The highest BCUT2D eigenvalue weighted by Gasteiger charge is 2.08. The number of hydrogen-bond donors (Lipinski definition) is 1. The van der Waals surface area contributed by atoms with Crippen molar-refractivity contribution in [1.82, 2.24) is 15.1 Å². The Kier molecular flexibility index (Phi) is 2.62. The maximum Gasteiger partial charge on any atom is 0.321 e. The van der Waals surface area contributed by atoms with Crippen LogP contribution >= 0.6 is 0 Å². The lowest BCUT2D eigenvalue weighted by atomic mass is 10.2. The van der Waals surface area contributed by atoms with Crippen LogP contribution in [0.4, 0.5) is 6.01 Å². The molecule has 0 fully saturated rings. The molecule has 78 valence electrons. The molecule has 1 N–H and O–H groups in total. The third-order valence-corrected chi connectivity index (χ3v) is 1.90. The van der Waals surface area contributed by atoms with Crippen LogP contribution in [0.15, 0.2) is 22.9 Å². The van der Waals surface area contributed by atoms with Crippen LogP contribution in [0.3, 0.4) is 0 Å². The molecule has 0 aromatic carbocycles. The first-order valence-electron chi connectivity index (χ1n) is 4.80. The second kappa shape index (κ2) is 4.08. The van der Waals surface area contributed by atoms with E-state index in [0.29, 0.717) is 11.8 Å². The smallest absolute Gasteiger partial charge is 0.321 e. The van der Waals surface area contributed by atoms with Crippen molar-refractivity contribution in [1.29, 1.82) is 0 Å². The van der Waals surface area contributed by atoms with Gasteiger partial charge in [0, 0.05) is 12.7 Å². The Morgan fingerprint density at radius 3 is 3.07 bits per heavy atom. The van der Waals surface area contributed by atoms with E-state index < -0.39 is 0 Å². The highest BCUT2D eigenvalue weighted by atomic mass is 16.5. The summed E-state index contributed by atoms with van der Waals surface area (Å²) in [5.74, 6) is 0.509. The molecule has 2 heterocycles. The summed E-state index contributed by atoms with van der Waals surface area (Å²) in [7, 11) is 0. The Balaban J connectivity index is 2.29. The molecule has 0 radical (unpaired) electrons. The Bertz CT molecular complexity index is 452. The number of anilines is 1. The van der Waals surface area contributed by atoms with Gasteiger partial charge in [-0.2, -0.15) is 4.98 Å². The molecule has 0 bridgehead atoms. The van der Waals surface area contributed by atoms with Crippen LogP contribution < -0.4 is 5.32 Å². The van der Waals surface area contributed by atoms with Gasteiger partial charge in [0.1, 0.15) is 5.69 Å². The minimum Gasteiger partial charge on any atom is -0.338 e. The second-order valence-corrected chi connectivity index (χ2v) is 3.17. The number of rotatable bonds is 3. The average molecular weight is 204 g/mol. The molecule has 2 rings (SSSR count). The molecule has 0 spiro atoms. The fourth-order valence-electron chi connectivity index (χ4n) is 1.21. The molecule has 15 heavy (non-hydrogen) atoms. The summed E-state index contributed by atoms with van der Waals surface area (Å²) in [4.78, 5) is 8.33. The Labute approximate surface area is 87.5 Å². The van der Waals surface area contributed by atoms with E-state index in [1.165, 1.54) is 0 Å². The van der Waals surface area contributed by atoms with E-state index in [1.807, 2.05) is 26.0 Å². The zero-order valence-electron chi connectivity index (χ0n) is 8.69. The molecule has 0 saturated carbocycles. The molecule has 0 amide bonds. The monoisotopic (exact) mass is 204 g/mol. The van der Waals surface area contributed by atoms with Gasteiger partial charge in [0.05, 0.1) is 0 Å². The average Bonchev–Trinajstić information content (AvgIpc) is 2.67. The first-order chi connectivity index (χ1) is 7.29. The lowest BCUT2D eigenvalue weighted by Crippen LogP contribution is -1.96. The fraction of sp³-hybridized carbons (Fsp3) is 0.300. The van der Waals surface area contributed by atoms with Crippen molar-refractivity contribution in [2.45, 2.75) is 13.8 Å². The molecule has 0 aliphatic heterocycles. The van der Waals surface area contributed by atoms with E-state index >= 15 is 0 Å². The van der Waals surface area contributed by atoms with Crippen molar-refractivity contribution in [3.8, 4) is 11.5 Å². The van der Waals surface area contributed by atoms with Gasteiger partial charge in [-0.25, -0.2) is 0 Å². The summed E-state index contributed by atoms with van der Waals surface area (Å²) < 4.78 is 4.99. The van der Waals surface area contributed by atoms with Gasteiger partial charge in [0.2, 0.25) is 5.82 Å². The SMILES string of the molecule is CCNc1nc(-c2cc(C)ccn2)no1. The van der Waals surface area contributed by atoms with Crippen molar-refractivity contribution in [2.75, 3.05) is 11.9 Å². The summed E-state index contributed by atoms with van der Waals surface area (Å²) in [6.07, 6.45) is 1.73. The zero-order valence-corrected chi connectivity index (χ0v) is 8.69. The van der Waals surface area contributed by atoms with E-state index in [9.17, 15) is 0 Å². The van der Waals surface area contributed by atoms with E-state index in [1.54, 1.807) is 6.20 Å². The molecule has 0 saturated heterocycles. The first-order valence-corrected chi connectivity index (χ1v) is 4.80. The summed E-state index contributed by atoms with van der Waals surface area (Å²) in [6.45, 7) is 4.72.